The highest BCUT2D eigenvalue weighted by molar-refractivity contribution is 5.33. The molecule has 0 bridgehead atoms. The molecule has 1 aromatic carbocycles. The number of pyridine rings is 1. The number of nitrogens with zero attached hydrogens (tertiary/aromatic N) is 1. The van der Waals surface area contributed by atoms with Gasteiger partial charge in [-0.2, -0.15) is 0 Å². The smallest absolute Gasteiger partial charge is 0.145 e. The summed E-state index contributed by atoms with van der Waals surface area (Å²) in [5, 5.41) is 0. The van der Waals surface area contributed by atoms with Gasteiger partial charge in [0.25, 0.3) is 0 Å². The zero-order valence-electron chi connectivity index (χ0n) is 11.5. The van der Waals surface area contributed by atoms with E-state index in [9.17, 15) is 0 Å². The Hall–Kier alpha value is -1.87. The normalized spacial score (nSPS) is 12.2. The maximum atomic E-state index is 5.80. The molecule has 0 saturated heterocycles. The number of nitrogens with two attached hydrogens (primary N) is 1. The monoisotopic (exact) mass is 256 g/mol. The molecule has 3 heteroatoms. The summed E-state index contributed by atoms with van der Waals surface area (Å²) in [6.45, 7) is 4.12. The molecule has 0 amide bonds. The average molecular weight is 256 g/mol. The molecule has 1 heterocycles. The van der Waals surface area contributed by atoms with Crippen molar-refractivity contribution in [3.8, 4) is 11.5 Å². The van der Waals surface area contributed by atoms with E-state index in [-0.39, 0.29) is 6.04 Å². The second-order valence-electron chi connectivity index (χ2n) is 4.81. The van der Waals surface area contributed by atoms with Crippen LogP contribution in [-0.2, 0) is 12.8 Å². The van der Waals surface area contributed by atoms with Crippen molar-refractivity contribution in [1.82, 2.24) is 4.98 Å². The third kappa shape index (κ3) is 4.07. The summed E-state index contributed by atoms with van der Waals surface area (Å²) in [6, 6.07) is 10.2. The van der Waals surface area contributed by atoms with Gasteiger partial charge in [-0.25, -0.2) is 0 Å². The molecule has 0 spiro atoms. The fraction of sp³-hybridized carbons (Fsp3) is 0.312. The first-order chi connectivity index (χ1) is 9.17. The second kappa shape index (κ2) is 6.34. The van der Waals surface area contributed by atoms with Gasteiger partial charge in [0.2, 0.25) is 0 Å². The van der Waals surface area contributed by atoms with Crippen molar-refractivity contribution in [3.05, 3.63) is 53.9 Å². The minimum absolute atomic E-state index is 0.126. The van der Waals surface area contributed by atoms with E-state index in [1.807, 2.05) is 31.3 Å². The largest absolute Gasteiger partial charge is 0.456 e. The van der Waals surface area contributed by atoms with E-state index in [1.54, 1.807) is 6.20 Å². The molecule has 0 aliphatic heterocycles. The van der Waals surface area contributed by atoms with Crippen LogP contribution in [-0.4, -0.2) is 11.0 Å². The van der Waals surface area contributed by atoms with Crippen molar-refractivity contribution >= 4 is 0 Å². The van der Waals surface area contributed by atoms with Crippen LogP contribution in [0.25, 0.3) is 0 Å². The molecular formula is C16H20N2O. The summed E-state index contributed by atoms with van der Waals surface area (Å²) < 4.78 is 5.80. The van der Waals surface area contributed by atoms with Gasteiger partial charge in [-0.15, -0.1) is 0 Å². The molecule has 3 nitrogen and oxygen atoms in total. The molecule has 0 aliphatic carbocycles. The highest BCUT2D eigenvalue weighted by Crippen LogP contribution is 2.22. The van der Waals surface area contributed by atoms with Crippen molar-refractivity contribution in [3.63, 3.8) is 0 Å². The Morgan fingerprint density at radius 2 is 1.84 bits per heavy atom. The fourth-order valence-electron chi connectivity index (χ4n) is 1.93. The summed E-state index contributed by atoms with van der Waals surface area (Å²) in [7, 11) is 0. The highest BCUT2D eigenvalue weighted by atomic mass is 16.5. The van der Waals surface area contributed by atoms with E-state index in [2.05, 4.69) is 24.0 Å². The molecule has 0 saturated carbocycles. The van der Waals surface area contributed by atoms with Crippen LogP contribution in [0.15, 0.2) is 42.7 Å². The van der Waals surface area contributed by atoms with Gasteiger partial charge in [0.15, 0.2) is 0 Å². The van der Waals surface area contributed by atoms with Crippen molar-refractivity contribution in [1.29, 1.82) is 0 Å². The number of hydrogen-bond acceptors (Lipinski definition) is 3. The Bertz CT molecular complexity index is 521. The summed E-state index contributed by atoms with van der Waals surface area (Å²) in [5.41, 5.74) is 8.19. The Labute approximate surface area is 114 Å². The molecular weight excluding hydrogens is 236 g/mol. The van der Waals surface area contributed by atoms with Crippen LogP contribution in [0.5, 0.6) is 11.5 Å². The van der Waals surface area contributed by atoms with E-state index in [1.165, 1.54) is 5.56 Å². The number of aryl methyl sites for hydroxylation is 1. The highest BCUT2D eigenvalue weighted by Gasteiger charge is 2.02. The standard InChI is InChI=1S/C16H20N2O/c1-3-13-4-6-15(7-5-13)19-16-9-14(8-12(2)17)10-18-11-16/h4-7,9-12H,3,8,17H2,1-2H3. The van der Waals surface area contributed by atoms with Gasteiger partial charge in [-0.3, -0.25) is 4.98 Å². The molecule has 100 valence electrons. The molecule has 1 aromatic heterocycles. The first-order valence-corrected chi connectivity index (χ1v) is 6.63. The minimum Gasteiger partial charge on any atom is -0.456 e. The van der Waals surface area contributed by atoms with Crippen LogP contribution < -0.4 is 10.5 Å². The van der Waals surface area contributed by atoms with Gasteiger partial charge in [-0.1, -0.05) is 19.1 Å². The first-order valence-electron chi connectivity index (χ1n) is 6.63. The number of aromatic nitrogens is 1. The zero-order chi connectivity index (χ0) is 13.7. The van der Waals surface area contributed by atoms with Crippen molar-refractivity contribution in [2.24, 2.45) is 5.73 Å². The van der Waals surface area contributed by atoms with Gasteiger partial charge in [0, 0.05) is 12.2 Å². The molecule has 2 N–H and O–H groups in total. The predicted octanol–water partition coefficient (Wildman–Crippen LogP) is 3.33. The summed E-state index contributed by atoms with van der Waals surface area (Å²) in [4.78, 5) is 4.19. The number of benzene rings is 1. The Balaban J connectivity index is 2.09. The molecule has 0 fully saturated rings. The lowest BCUT2D eigenvalue weighted by Crippen LogP contribution is -2.17. The Kier molecular flexibility index (Phi) is 4.53. The van der Waals surface area contributed by atoms with Crippen LogP contribution in [0.2, 0.25) is 0 Å². The van der Waals surface area contributed by atoms with Crippen LogP contribution in [0, 0.1) is 0 Å². The Morgan fingerprint density at radius 3 is 2.47 bits per heavy atom. The molecule has 2 rings (SSSR count). The van der Waals surface area contributed by atoms with Crippen LogP contribution in [0.4, 0.5) is 0 Å². The van der Waals surface area contributed by atoms with Gasteiger partial charge in [-0.05, 0) is 49.1 Å². The Morgan fingerprint density at radius 1 is 1.11 bits per heavy atom. The lowest BCUT2D eigenvalue weighted by Gasteiger charge is -2.09. The van der Waals surface area contributed by atoms with Gasteiger partial charge < -0.3 is 10.5 Å². The van der Waals surface area contributed by atoms with E-state index in [4.69, 9.17) is 10.5 Å². The van der Waals surface area contributed by atoms with Gasteiger partial charge in [0.1, 0.15) is 11.5 Å². The molecule has 1 atom stereocenters. The third-order valence-corrected chi connectivity index (χ3v) is 2.89. The summed E-state index contributed by atoms with van der Waals surface area (Å²) in [5.74, 6) is 1.58. The van der Waals surface area contributed by atoms with Gasteiger partial charge >= 0.3 is 0 Å². The average Bonchev–Trinajstić information content (AvgIpc) is 2.39. The minimum atomic E-state index is 0.126. The molecule has 2 aromatic rings. The first kappa shape index (κ1) is 13.6. The quantitative estimate of drug-likeness (QED) is 0.892. The van der Waals surface area contributed by atoms with Crippen LogP contribution >= 0.6 is 0 Å². The van der Waals surface area contributed by atoms with E-state index in [0.717, 1.165) is 29.9 Å². The van der Waals surface area contributed by atoms with Gasteiger partial charge in [0.05, 0.1) is 6.20 Å². The van der Waals surface area contributed by atoms with E-state index >= 15 is 0 Å². The number of rotatable bonds is 5. The second-order valence-corrected chi connectivity index (χ2v) is 4.81. The van der Waals surface area contributed by atoms with Crippen molar-refractivity contribution in [2.75, 3.05) is 0 Å². The van der Waals surface area contributed by atoms with Crippen molar-refractivity contribution < 1.29 is 4.74 Å². The topological polar surface area (TPSA) is 48.1 Å². The summed E-state index contributed by atoms with van der Waals surface area (Å²) >= 11 is 0. The molecule has 1 unspecified atom stereocenters. The van der Waals surface area contributed by atoms with E-state index < -0.39 is 0 Å². The molecule has 19 heavy (non-hydrogen) atoms. The zero-order valence-corrected chi connectivity index (χ0v) is 11.5. The SMILES string of the molecule is CCc1ccc(Oc2cncc(CC(C)N)c2)cc1. The molecule has 0 radical (unpaired) electrons. The number of hydrogen-bond donors (Lipinski definition) is 1. The lowest BCUT2D eigenvalue weighted by atomic mass is 10.1. The van der Waals surface area contributed by atoms with Crippen LogP contribution in [0.3, 0.4) is 0 Å². The maximum Gasteiger partial charge on any atom is 0.145 e. The van der Waals surface area contributed by atoms with Crippen molar-refractivity contribution in [2.45, 2.75) is 32.7 Å². The third-order valence-electron chi connectivity index (χ3n) is 2.89. The lowest BCUT2D eigenvalue weighted by molar-refractivity contribution is 0.479. The maximum absolute atomic E-state index is 5.80. The van der Waals surface area contributed by atoms with Crippen LogP contribution in [0.1, 0.15) is 25.0 Å². The van der Waals surface area contributed by atoms with E-state index in [0.29, 0.717) is 0 Å². The fourth-order valence-corrected chi connectivity index (χ4v) is 1.93. The molecule has 0 aliphatic rings. The predicted molar refractivity (Wildman–Crippen MR) is 77.5 cm³/mol. The number of ether oxygens (including phenoxy) is 1. The summed E-state index contributed by atoms with van der Waals surface area (Å²) in [6.07, 6.45) is 5.39.